The third-order valence-electron chi connectivity index (χ3n) is 9.12. The number of rotatable bonds is 10. The largest absolute Gasteiger partial charge is 0.402 e. The van der Waals surface area contributed by atoms with Crippen LogP contribution >= 0.6 is 0 Å². The summed E-state index contributed by atoms with van der Waals surface area (Å²) in [4.78, 5) is 2.54. The molecule has 0 saturated carbocycles. The standard InChI is InChI=1S/C29H51N3/c1-9-12-26(21(5)11-3)18-29(17-22(6)23(7)24(29)8)32(28(31)19-30)27-15-13-25(14-16-27)20(4)10-2/h9,12-13,15,19-21,24-27H,10-11,14,16-18,30-31H2,1-8H3/b12-9-,28-19-/t20?,21?,24-,25+,26+,27-,29?/m0/s1. The van der Waals surface area contributed by atoms with E-state index in [-0.39, 0.29) is 5.54 Å². The molecule has 0 bridgehead atoms. The van der Waals surface area contributed by atoms with Gasteiger partial charge in [-0.2, -0.15) is 0 Å². The van der Waals surface area contributed by atoms with E-state index in [0.717, 1.165) is 31.0 Å². The van der Waals surface area contributed by atoms with Crippen molar-refractivity contribution in [1.82, 2.24) is 4.90 Å². The van der Waals surface area contributed by atoms with Crippen molar-refractivity contribution >= 4 is 0 Å². The van der Waals surface area contributed by atoms with Crippen molar-refractivity contribution in [2.24, 2.45) is 41.1 Å². The zero-order valence-electron chi connectivity index (χ0n) is 22.2. The van der Waals surface area contributed by atoms with Gasteiger partial charge in [0.1, 0.15) is 5.82 Å². The molecule has 2 aliphatic rings. The molecule has 2 rings (SSSR count). The first-order valence-corrected chi connectivity index (χ1v) is 13.1. The molecule has 3 nitrogen and oxygen atoms in total. The number of allylic oxidation sites excluding steroid dienone is 3. The lowest BCUT2D eigenvalue weighted by Crippen LogP contribution is -2.58. The zero-order chi connectivity index (χ0) is 24.1. The van der Waals surface area contributed by atoms with Crippen molar-refractivity contribution in [3.05, 3.63) is 47.5 Å². The molecule has 3 unspecified atom stereocenters. The minimum atomic E-state index is -0.0417. The molecular formula is C29H51N3. The van der Waals surface area contributed by atoms with Gasteiger partial charge in [0, 0.05) is 18.2 Å². The van der Waals surface area contributed by atoms with Gasteiger partial charge in [-0.25, -0.2) is 0 Å². The molecule has 0 aromatic carbocycles. The van der Waals surface area contributed by atoms with Crippen molar-refractivity contribution in [3.63, 3.8) is 0 Å². The fourth-order valence-electron chi connectivity index (χ4n) is 6.26. The van der Waals surface area contributed by atoms with Crippen LogP contribution in [0.5, 0.6) is 0 Å². The quantitative estimate of drug-likeness (QED) is 0.355. The molecule has 0 heterocycles. The van der Waals surface area contributed by atoms with Crippen molar-refractivity contribution < 1.29 is 0 Å². The summed E-state index contributed by atoms with van der Waals surface area (Å²) in [5.74, 6) is 3.75. The van der Waals surface area contributed by atoms with Crippen molar-refractivity contribution in [3.8, 4) is 0 Å². The second-order valence-corrected chi connectivity index (χ2v) is 10.8. The van der Waals surface area contributed by atoms with E-state index >= 15 is 0 Å². The van der Waals surface area contributed by atoms with Crippen LogP contribution < -0.4 is 11.5 Å². The molecule has 2 aliphatic carbocycles. The number of nitrogens with two attached hydrogens (primary N) is 2. The molecule has 0 saturated heterocycles. The van der Waals surface area contributed by atoms with Gasteiger partial charge < -0.3 is 16.4 Å². The van der Waals surface area contributed by atoms with Gasteiger partial charge >= 0.3 is 0 Å². The summed E-state index contributed by atoms with van der Waals surface area (Å²) in [6, 6.07) is 0.305. The summed E-state index contributed by atoms with van der Waals surface area (Å²) in [6.45, 7) is 18.6. The van der Waals surface area contributed by atoms with Crippen LogP contribution in [-0.4, -0.2) is 16.5 Å². The van der Waals surface area contributed by atoms with Gasteiger partial charge in [-0.3, -0.25) is 0 Å². The molecule has 0 aromatic heterocycles. The average molecular weight is 442 g/mol. The normalized spacial score (nSPS) is 31.9. The van der Waals surface area contributed by atoms with Crippen molar-refractivity contribution in [2.45, 2.75) is 105 Å². The summed E-state index contributed by atoms with van der Waals surface area (Å²) in [5, 5.41) is 0. The molecular weight excluding hydrogens is 390 g/mol. The maximum Gasteiger partial charge on any atom is 0.116 e. The molecule has 4 N–H and O–H groups in total. The first-order valence-electron chi connectivity index (χ1n) is 13.1. The van der Waals surface area contributed by atoms with E-state index in [1.165, 1.54) is 30.4 Å². The molecule has 182 valence electrons. The molecule has 7 atom stereocenters. The smallest absolute Gasteiger partial charge is 0.116 e. The molecule has 0 spiro atoms. The predicted molar refractivity (Wildman–Crippen MR) is 141 cm³/mol. The van der Waals surface area contributed by atoms with Crippen molar-refractivity contribution in [1.29, 1.82) is 0 Å². The second kappa shape index (κ2) is 11.5. The molecule has 32 heavy (non-hydrogen) atoms. The second-order valence-electron chi connectivity index (χ2n) is 10.8. The predicted octanol–water partition coefficient (Wildman–Crippen LogP) is 7.13. The molecule has 0 amide bonds. The Morgan fingerprint density at radius 1 is 1.19 bits per heavy atom. The highest BCUT2D eigenvalue weighted by atomic mass is 15.3. The topological polar surface area (TPSA) is 55.3 Å². The summed E-state index contributed by atoms with van der Waals surface area (Å²) in [5.41, 5.74) is 15.9. The van der Waals surface area contributed by atoms with Gasteiger partial charge in [0.05, 0.1) is 5.54 Å². The van der Waals surface area contributed by atoms with E-state index in [1.807, 2.05) is 0 Å². The lowest BCUT2D eigenvalue weighted by atomic mass is 9.71. The molecule has 0 aliphatic heterocycles. The highest BCUT2D eigenvalue weighted by Gasteiger charge is 2.50. The number of hydrogen-bond donors (Lipinski definition) is 2. The van der Waals surface area contributed by atoms with Crippen LogP contribution in [0.15, 0.2) is 47.5 Å². The van der Waals surface area contributed by atoms with E-state index < -0.39 is 0 Å². The lowest BCUT2D eigenvalue weighted by molar-refractivity contribution is 0.0367. The van der Waals surface area contributed by atoms with Gasteiger partial charge in [-0.15, -0.1) is 0 Å². The maximum atomic E-state index is 6.74. The molecule has 0 fully saturated rings. The monoisotopic (exact) mass is 441 g/mol. The van der Waals surface area contributed by atoms with Gasteiger partial charge in [-0.1, -0.05) is 82.9 Å². The van der Waals surface area contributed by atoms with Crippen molar-refractivity contribution in [2.75, 3.05) is 0 Å². The summed E-state index contributed by atoms with van der Waals surface area (Å²) < 4.78 is 0. The fourth-order valence-corrected chi connectivity index (χ4v) is 6.26. The Morgan fingerprint density at radius 2 is 1.88 bits per heavy atom. The Balaban J connectivity index is 2.53. The first-order chi connectivity index (χ1) is 15.2. The summed E-state index contributed by atoms with van der Waals surface area (Å²) in [6.07, 6.45) is 18.2. The Kier molecular flexibility index (Phi) is 9.54. The van der Waals surface area contributed by atoms with Gasteiger partial charge in [-0.05, 0) is 70.1 Å². The highest BCUT2D eigenvalue weighted by Crippen LogP contribution is 2.51. The van der Waals surface area contributed by atoms with Crippen LogP contribution in [0.3, 0.4) is 0 Å². The van der Waals surface area contributed by atoms with E-state index in [1.54, 1.807) is 6.20 Å². The van der Waals surface area contributed by atoms with Crippen LogP contribution in [-0.2, 0) is 0 Å². The number of hydrogen-bond acceptors (Lipinski definition) is 3. The maximum absolute atomic E-state index is 6.74. The molecule has 3 heteroatoms. The van der Waals surface area contributed by atoms with Crippen LogP contribution in [0.1, 0.15) is 93.9 Å². The molecule has 0 radical (unpaired) electrons. The Hall–Kier alpha value is -1.64. The SMILES string of the molecule is C/C=C\[C@H](CC1(N(/C(N)=C\N)[C@H]2C=C[C@@H](C(C)CC)CC2)CC(C)=C(C)[C@@H]1C)C(C)CC. The lowest BCUT2D eigenvalue weighted by Gasteiger charge is -2.52. The van der Waals surface area contributed by atoms with Crippen LogP contribution in [0.4, 0.5) is 0 Å². The third-order valence-corrected chi connectivity index (χ3v) is 9.12. The van der Waals surface area contributed by atoms with E-state index in [4.69, 9.17) is 11.5 Å². The zero-order valence-corrected chi connectivity index (χ0v) is 22.2. The fraction of sp³-hybridized carbons (Fsp3) is 0.724. The van der Waals surface area contributed by atoms with Gasteiger partial charge in [0.25, 0.3) is 0 Å². The summed E-state index contributed by atoms with van der Waals surface area (Å²) in [7, 11) is 0. The van der Waals surface area contributed by atoms with Crippen LogP contribution in [0.25, 0.3) is 0 Å². The van der Waals surface area contributed by atoms with Gasteiger partial charge in [0.2, 0.25) is 0 Å². The Labute approximate surface area is 199 Å². The third kappa shape index (κ3) is 5.29. The van der Waals surface area contributed by atoms with Crippen LogP contribution in [0, 0.1) is 29.6 Å². The van der Waals surface area contributed by atoms with Crippen LogP contribution in [0.2, 0.25) is 0 Å². The first kappa shape index (κ1) is 26.6. The van der Waals surface area contributed by atoms with E-state index in [2.05, 4.69) is 84.6 Å². The number of nitrogens with zero attached hydrogens (tertiary/aromatic N) is 1. The summed E-state index contributed by atoms with van der Waals surface area (Å²) >= 11 is 0. The van der Waals surface area contributed by atoms with E-state index in [9.17, 15) is 0 Å². The Bertz CT molecular complexity index is 731. The van der Waals surface area contributed by atoms with E-state index in [0.29, 0.717) is 29.7 Å². The van der Waals surface area contributed by atoms with Gasteiger partial charge in [0.15, 0.2) is 0 Å². The minimum absolute atomic E-state index is 0.0417. The molecule has 0 aromatic rings. The average Bonchev–Trinajstić information content (AvgIpc) is 3.01. The highest BCUT2D eigenvalue weighted by molar-refractivity contribution is 5.32. The Morgan fingerprint density at radius 3 is 2.31 bits per heavy atom. The minimum Gasteiger partial charge on any atom is -0.402 e.